The molecule has 0 amide bonds. The third-order valence-corrected chi connectivity index (χ3v) is 1.83. The third-order valence-electron chi connectivity index (χ3n) is 1.83. The summed E-state index contributed by atoms with van der Waals surface area (Å²) < 4.78 is 10.1. The van der Waals surface area contributed by atoms with Gasteiger partial charge in [-0.05, 0) is 19.1 Å². The largest absolute Gasteiger partial charge is 0.491 e. The fourth-order valence-corrected chi connectivity index (χ4v) is 1.06. The lowest BCUT2D eigenvalue weighted by atomic mass is 10.3. The Morgan fingerprint density at radius 1 is 1.20 bits per heavy atom. The van der Waals surface area contributed by atoms with Crippen molar-refractivity contribution in [3.8, 4) is 5.75 Å². The topological polar surface area (TPSA) is 58.9 Å². The van der Waals surface area contributed by atoms with Gasteiger partial charge >= 0.3 is 0 Å². The highest BCUT2D eigenvalue weighted by atomic mass is 16.6. The monoisotopic (exact) mass is 212 g/mol. The zero-order valence-electron chi connectivity index (χ0n) is 8.67. The number of para-hydroxylation sites is 1. The van der Waals surface area contributed by atoms with Gasteiger partial charge in [-0.3, -0.25) is 0 Å². The van der Waals surface area contributed by atoms with E-state index in [9.17, 15) is 10.2 Å². The van der Waals surface area contributed by atoms with E-state index < -0.39 is 12.4 Å². The molecule has 2 N–H and O–H groups in total. The lowest BCUT2D eigenvalue weighted by molar-refractivity contribution is -0.165. The number of ether oxygens (including phenoxy) is 2. The summed E-state index contributed by atoms with van der Waals surface area (Å²) >= 11 is 0. The van der Waals surface area contributed by atoms with Crippen molar-refractivity contribution in [1.29, 1.82) is 0 Å². The first-order chi connectivity index (χ1) is 7.24. The lowest BCUT2D eigenvalue weighted by Gasteiger charge is -2.17. The predicted octanol–water partition coefficient (Wildman–Crippen LogP) is 0.781. The Labute approximate surface area is 89.1 Å². The van der Waals surface area contributed by atoms with Crippen LogP contribution in [0.5, 0.6) is 5.75 Å². The first-order valence-electron chi connectivity index (χ1n) is 4.89. The smallest absolute Gasteiger partial charge is 0.184 e. The summed E-state index contributed by atoms with van der Waals surface area (Å²) in [6.07, 6.45) is -2.23. The molecule has 1 aromatic rings. The molecule has 15 heavy (non-hydrogen) atoms. The van der Waals surface area contributed by atoms with E-state index in [2.05, 4.69) is 0 Å². The first-order valence-corrected chi connectivity index (χ1v) is 4.89. The average Bonchev–Trinajstić information content (AvgIpc) is 2.27. The van der Waals surface area contributed by atoms with Gasteiger partial charge in [0.2, 0.25) is 0 Å². The van der Waals surface area contributed by atoms with Crippen LogP contribution >= 0.6 is 0 Å². The van der Waals surface area contributed by atoms with Crippen molar-refractivity contribution in [2.24, 2.45) is 0 Å². The predicted molar refractivity (Wildman–Crippen MR) is 55.6 cm³/mol. The van der Waals surface area contributed by atoms with Crippen LogP contribution in [0.3, 0.4) is 0 Å². The van der Waals surface area contributed by atoms with E-state index in [1.165, 1.54) is 0 Å². The van der Waals surface area contributed by atoms with E-state index in [1.807, 2.05) is 18.2 Å². The summed E-state index contributed by atoms with van der Waals surface area (Å²) in [6, 6.07) is 9.10. The van der Waals surface area contributed by atoms with Crippen molar-refractivity contribution in [2.75, 3.05) is 13.2 Å². The van der Waals surface area contributed by atoms with Gasteiger partial charge in [-0.25, -0.2) is 0 Å². The molecular weight excluding hydrogens is 196 g/mol. The second-order valence-corrected chi connectivity index (χ2v) is 3.04. The molecule has 0 fully saturated rings. The molecular formula is C11H16O4. The van der Waals surface area contributed by atoms with Gasteiger partial charge in [0.25, 0.3) is 0 Å². The van der Waals surface area contributed by atoms with Gasteiger partial charge in [-0.2, -0.15) is 0 Å². The number of hydrogen-bond donors (Lipinski definition) is 2. The fraction of sp³-hybridized carbons (Fsp3) is 0.455. The number of aliphatic hydroxyl groups is 2. The van der Waals surface area contributed by atoms with Crippen molar-refractivity contribution < 1.29 is 19.7 Å². The molecule has 0 spiro atoms. The summed E-state index contributed by atoms with van der Waals surface area (Å²) in [5.41, 5.74) is 0. The SMILES string of the molecule is CCOC(O)C(O)COc1ccccc1. The van der Waals surface area contributed by atoms with Crippen molar-refractivity contribution in [2.45, 2.75) is 19.3 Å². The maximum atomic E-state index is 9.41. The van der Waals surface area contributed by atoms with Crippen molar-refractivity contribution >= 4 is 0 Å². The summed E-state index contributed by atoms with van der Waals surface area (Å²) in [6.45, 7) is 2.10. The molecule has 4 heteroatoms. The quantitative estimate of drug-likeness (QED) is 0.684. The number of benzene rings is 1. The second kappa shape index (κ2) is 6.40. The summed E-state index contributed by atoms with van der Waals surface area (Å²) in [4.78, 5) is 0. The Morgan fingerprint density at radius 3 is 2.47 bits per heavy atom. The molecule has 84 valence electrons. The number of hydrogen-bond acceptors (Lipinski definition) is 4. The van der Waals surface area contributed by atoms with Crippen LogP contribution in [0.25, 0.3) is 0 Å². The third kappa shape index (κ3) is 4.29. The van der Waals surface area contributed by atoms with Crippen LogP contribution < -0.4 is 4.74 Å². The second-order valence-electron chi connectivity index (χ2n) is 3.04. The molecule has 0 radical (unpaired) electrons. The maximum absolute atomic E-state index is 9.41. The highest BCUT2D eigenvalue weighted by molar-refractivity contribution is 5.20. The lowest BCUT2D eigenvalue weighted by Crippen LogP contribution is -2.33. The molecule has 1 rings (SSSR count). The molecule has 0 aromatic heterocycles. The normalized spacial score (nSPS) is 14.6. The summed E-state index contributed by atoms with van der Waals surface area (Å²) in [5, 5.41) is 18.7. The Bertz CT molecular complexity index is 263. The van der Waals surface area contributed by atoms with E-state index in [1.54, 1.807) is 19.1 Å². The molecule has 0 aliphatic heterocycles. The van der Waals surface area contributed by atoms with E-state index in [-0.39, 0.29) is 6.61 Å². The Hall–Kier alpha value is -1.10. The van der Waals surface area contributed by atoms with E-state index in [0.29, 0.717) is 12.4 Å². The van der Waals surface area contributed by atoms with Gasteiger partial charge in [0.05, 0.1) is 0 Å². The van der Waals surface area contributed by atoms with Crippen LogP contribution in [0, 0.1) is 0 Å². The van der Waals surface area contributed by atoms with Crippen LogP contribution in [0.15, 0.2) is 30.3 Å². The minimum absolute atomic E-state index is 0.00514. The van der Waals surface area contributed by atoms with Gasteiger partial charge in [0, 0.05) is 6.61 Å². The van der Waals surface area contributed by atoms with Crippen LogP contribution in [0.1, 0.15) is 6.92 Å². The van der Waals surface area contributed by atoms with E-state index >= 15 is 0 Å². The summed E-state index contributed by atoms with van der Waals surface area (Å²) in [7, 11) is 0. The minimum atomic E-state index is -1.20. The van der Waals surface area contributed by atoms with Gasteiger partial charge in [-0.15, -0.1) is 0 Å². The van der Waals surface area contributed by atoms with Crippen LogP contribution in [-0.2, 0) is 4.74 Å². The molecule has 0 aliphatic rings. The minimum Gasteiger partial charge on any atom is -0.491 e. The van der Waals surface area contributed by atoms with Crippen LogP contribution in [0.2, 0.25) is 0 Å². The highest BCUT2D eigenvalue weighted by Crippen LogP contribution is 2.09. The van der Waals surface area contributed by atoms with Gasteiger partial charge in [-0.1, -0.05) is 18.2 Å². The van der Waals surface area contributed by atoms with Crippen LogP contribution in [-0.4, -0.2) is 35.8 Å². The molecule has 0 heterocycles. The van der Waals surface area contributed by atoms with Gasteiger partial charge in [0.15, 0.2) is 6.29 Å². The molecule has 1 aromatic carbocycles. The number of aliphatic hydroxyl groups excluding tert-OH is 2. The zero-order valence-corrected chi connectivity index (χ0v) is 8.67. The number of rotatable bonds is 6. The zero-order chi connectivity index (χ0) is 11.1. The van der Waals surface area contributed by atoms with Gasteiger partial charge < -0.3 is 19.7 Å². The molecule has 2 atom stereocenters. The maximum Gasteiger partial charge on any atom is 0.184 e. The van der Waals surface area contributed by atoms with Crippen LogP contribution in [0.4, 0.5) is 0 Å². The molecule has 2 unspecified atom stereocenters. The first kappa shape index (κ1) is 12.0. The Morgan fingerprint density at radius 2 is 1.87 bits per heavy atom. The average molecular weight is 212 g/mol. The van der Waals surface area contributed by atoms with Crippen molar-refractivity contribution in [3.05, 3.63) is 30.3 Å². The van der Waals surface area contributed by atoms with Gasteiger partial charge in [0.1, 0.15) is 18.5 Å². The molecule has 0 bridgehead atoms. The fourth-order valence-electron chi connectivity index (χ4n) is 1.06. The molecule has 0 aliphatic carbocycles. The summed E-state index contributed by atoms with van der Waals surface area (Å²) in [5.74, 6) is 0.653. The Balaban J connectivity index is 2.31. The van der Waals surface area contributed by atoms with E-state index in [0.717, 1.165) is 0 Å². The highest BCUT2D eigenvalue weighted by Gasteiger charge is 2.16. The Kier molecular flexibility index (Phi) is 5.10. The molecule has 0 saturated heterocycles. The van der Waals surface area contributed by atoms with E-state index in [4.69, 9.17) is 9.47 Å². The van der Waals surface area contributed by atoms with Crippen molar-refractivity contribution in [3.63, 3.8) is 0 Å². The standard InChI is InChI=1S/C11H16O4/c1-2-14-11(13)10(12)8-15-9-6-4-3-5-7-9/h3-7,10-13H,2,8H2,1H3. The molecule has 4 nitrogen and oxygen atoms in total. The van der Waals surface area contributed by atoms with Crippen molar-refractivity contribution in [1.82, 2.24) is 0 Å². The molecule has 0 saturated carbocycles.